The average Bonchev–Trinajstić information content (AvgIpc) is 3.18. The number of carbonyl (C=O) groups excluding carboxylic acids is 1. The van der Waals surface area contributed by atoms with E-state index in [1.165, 1.54) is 11.8 Å². The normalized spacial score (nSPS) is 17.2. The lowest BCUT2D eigenvalue weighted by molar-refractivity contribution is -0.245. The Morgan fingerprint density at radius 3 is 2.00 bits per heavy atom. The molecule has 52 heavy (non-hydrogen) atoms. The summed E-state index contributed by atoms with van der Waals surface area (Å²) in [5.41, 5.74) is 2.85. The quantitative estimate of drug-likeness (QED) is 0.0541. The lowest BCUT2D eigenvalue weighted by Crippen LogP contribution is -2.31. The van der Waals surface area contributed by atoms with E-state index in [-0.39, 0.29) is 30.9 Å². The summed E-state index contributed by atoms with van der Waals surface area (Å²) in [6.45, 7) is -0.370. The van der Waals surface area contributed by atoms with Gasteiger partial charge in [-0.15, -0.1) is 11.8 Å². The number of carboxylic acid groups (broad SMARTS) is 1. The van der Waals surface area contributed by atoms with Gasteiger partial charge in [0.05, 0.1) is 24.4 Å². The van der Waals surface area contributed by atoms with Crippen LogP contribution in [0.1, 0.15) is 61.8 Å². The highest BCUT2D eigenvalue weighted by Crippen LogP contribution is 2.40. The first-order chi connectivity index (χ1) is 25.0. The van der Waals surface area contributed by atoms with Gasteiger partial charge in [-0.05, 0) is 52.1 Å². The Balaban J connectivity index is 1.19. The molecule has 1 amide bonds. The molecule has 0 bridgehead atoms. The van der Waals surface area contributed by atoms with Crippen LogP contribution in [0.3, 0.4) is 0 Å². The van der Waals surface area contributed by atoms with Gasteiger partial charge in [-0.2, -0.15) is 0 Å². The third kappa shape index (κ3) is 8.02. The molecule has 6 rings (SSSR count). The SMILES string of the molecule is O=C(O)c1ccc(SCC2CC(c3ccc(CO)cc3)OC(c3ccc(-c4ccccc4CNC(=O)c4c(F)c(F)c(F)c(F)c4F)cc3)O2)cc1. The number of ether oxygens (including phenoxy) is 2. The Bertz CT molecular complexity index is 2050. The first-order valence-electron chi connectivity index (χ1n) is 16.0. The van der Waals surface area contributed by atoms with Crippen LogP contribution in [-0.2, 0) is 22.6 Å². The Morgan fingerprint density at radius 1 is 0.750 bits per heavy atom. The number of nitrogens with one attached hydrogen (secondary N) is 1. The molecule has 1 heterocycles. The zero-order chi connectivity index (χ0) is 36.9. The lowest BCUT2D eigenvalue weighted by atomic mass is 9.97. The number of rotatable bonds is 11. The molecule has 0 radical (unpaired) electrons. The molecule has 1 saturated heterocycles. The summed E-state index contributed by atoms with van der Waals surface area (Å²) in [6.07, 6.45) is -0.821. The van der Waals surface area contributed by atoms with Gasteiger partial charge >= 0.3 is 5.97 Å². The highest BCUT2D eigenvalue weighted by atomic mass is 32.2. The molecular formula is C39H30F5NO6S. The lowest BCUT2D eigenvalue weighted by Gasteiger charge is -2.36. The minimum atomic E-state index is -2.35. The summed E-state index contributed by atoms with van der Waals surface area (Å²) in [4.78, 5) is 24.7. The summed E-state index contributed by atoms with van der Waals surface area (Å²) in [6, 6.07) is 28.1. The summed E-state index contributed by atoms with van der Waals surface area (Å²) in [7, 11) is 0. The third-order valence-electron chi connectivity index (χ3n) is 8.54. The van der Waals surface area contributed by atoms with Gasteiger partial charge in [0.1, 0.15) is 5.56 Å². The third-order valence-corrected chi connectivity index (χ3v) is 9.68. The van der Waals surface area contributed by atoms with Crippen LogP contribution in [-0.4, -0.2) is 33.9 Å². The molecule has 0 spiro atoms. The number of aliphatic hydroxyl groups excluding tert-OH is 1. The van der Waals surface area contributed by atoms with E-state index in [2.05, 4.69) is 5.32 Å². The average molecular weight is 736 g/mol. The van der Waals surface area contributed by atoms with E-state index in [1.807, 2.05) is 36.4 Å². The van der Waals surface area contributed by atoms with E-state index in [1.54, 1.807) is 60.7 Å². The number of carboxylic acids is 1. The van der Waals surface area contributed by atoms with Crippen LogP contribution in [0.5, 0.6) is 0 Å². The number of aliphatic hydroxyl groups is 1. The second kappa shape index (κ2) is 16.1. The number of hydrogen-bond donors (Lipinski definition) is 3. The van der Waals surface area contributed by atoms with Crippen LogP contribution in [0.2, 0.25) is 0 Å². The van der Waals surface area contributed by atoms with Gasteiger partial charge in [0.15, 0.2) is 29.6 Å². The summed E-state index contributed by atoms with van der Waals surface area (Å²) < 4.78 is 82.1. The molecule has 1 aliphatic rings. The number of amides is 1. The van der Waals surface area contributed by atoms with Crippen molar-refractivity contribution in [1.29, 1.82) is 0 Å². The monoisotopic (exact) mass is 735 g/mol. The van der Waals surface area contributed by atoms with Crippen molar-refractivity contribution < 1.29 is 51.2 Å². The Kier molecular flexibility index (Phi) is 11.3. The van der Waals surface area contributed by atoms with Crippen LogP contribution in [0.25, 0.3) is 11.1 Å². The number of hydrogen-bond acceptors (Lipinski definition) is 6. The number of halogens is 5. The predicted molar refractivity (Wildman–Crippen MR) is 182 cm³/mol. The molecule has 268 valence electrons. The highest BCUT2D eigenvalue weighted by molar-refractivity contribution is 7.99. The molecule has 3 N–H and O–H groups in total. The van der Waals surface area contributed by atoms with Crippen LogP contribution >= 0.6 is 11.8 Å². The van der Waals surface area contributed by atoms with Gasteiger partial charge in [-0.3, -0.25) is 4.79 Å². The van der Waals surface area contributed by atoms with E-state index in [9.17, 15) is 41.8 Å². The van der Waals surface area contributed by atoms with Crippen LogP contribution in [0, 0.1) is 29.1 Å². The van der Waals surface area contributed by atoms with Crippen molar-refractivity contribution in [3.05, 3.63) is 160 Å². The van der Waals surface area contributed by atoms with Gasteiger partial charge in [-0.25, -0.2) is 26.7 Å². The highest BCUT2D eigenvalue weighted by Gasteiger charge is 2.33. The first kappa shape index (κ1) is 36.7. The fourth-order valence-electron chi connectivity index (χ4n) is 5.75. The smallest absolute Gasteiger partial charge is 0.335 e. The first-order valence-corrected chi connectivity index (χ1v) is 17.0. The number of aromatic carboxylic acids is 1. The van der Waals surface area contributed by atoms with Crippen molar-refractivity contribution in [2.24, 2.45) is 0 Å². The summed E-state index contributed by atoms with van der Waals surface area (Å²) in [5.74, 6) is -13.1. The second-order valence-corrected chi connectivity index (χ2v) is 13.0. The molecule has 1 aliphatic heterocycles. The van der Waals surface area contributed by atoms with E-state index in [0.717, 1.165) is 16.0 Å². The van der Waals surface area contributed by atoms with Crippen molar-refractivity contribution >= 4 is 23.6 Å². The van der Waals surface area contributed by atoms with Gasteiger partial charge in [-0.1, -0.05) is 72.8 Å². The van der Waals surface area contributed by atoms with Gasteiger partial charge in [0.2, 0.25) is 5.82 Å². The topological polar surface area (TPSA) is 105 Å². The molecule has 7 nitrogen and oxygen atoms in total. The van der Waals surface area contributed by atoms with Crippen LogP contribution in [0.4, 0.5) is 22.0 Å². The van der Waals surface area contributed by atoms with E-state index in [4.69, 9.17) is 9.47 Å². The molecule has 0 saturated carbocycles. The Labute approximate surface area is 299 Å². The zero-order valence-corrected chi connectivity index (χ0v) is 27.9. The van der Waals surface area contributed by atoms with Gasteiger partial charge in [0, 0.05) is 29.2 Å². The second-order valence-electron chi connectivity index (χ2n) is 11.9. The molecular weight excluding hydrogens is 705 g/mol. The Morgan fingerprint density at radius 2 is 1.37 bits per heavy atom. The van der Waals surface area contributed by atoms with Gasteiger partial charge < -0.3 is 25.0 Å². The molecule has 13 heteroatoms. The molecule has 1 fully saturated rings. The molecule has 0 aliphatic carbocycles. The van der Waals surface area contributed by atoms with E-state index < -0.39 is 52.8 Å². The number of thioether (sulfide) groups is 1. The largest absolute Gasteiger partial charge is 0.478 e. The maximum Gasteiger partial charge on any atom is 0.335 e. The maximum absolute atomic E-state index is 14.2. The van der Waals surface area contributed by atoms with Crippen molar-refractivity contribution in [3.63, 3.8) is 0 Å². The van der Waals surface area contributed by atoms with Gasteiger partial charge in [0.25, 0.3) is 5.91 Å². The van der Waals surface area contributed by atoms with Crippen LogP contribution in [0.15, 0.2) is 102 Å². The fraction of sp³-hybridized carbons (Fsp3) is 0.179. The summed E-state index contributed by atoms with van der Waals surface area (Å²) in [5, 5.41) is 21.0. The molecule has 0 aromatic heterocycles. The Hall–Kier alpha value is -5.08. The maximum atomic E-state index is 14.2. The zero-order valence-electron chi connectivity index (χ0n) is 27.1. The molecule has 5 aromatic carbocycles. The van der Waals surface area contributed by atoms with E-state index >= 15 is 0 Å². The molecule has 5 aromatic rings. The minimum Gasteiger partial charge on any atom is -0.478 e. The molecule has 3 atom stereocenters. The van der Waals surface area contributed by atoms with Crippen molar-refractivity contribution in [2.45, 2.75) is 43.0 Å². The van der Waals surface area contributed by atoms with Crippen molar-refractivity contribution in [2.75, 3.05) is 5.75 Å². The van der Waals surface area contributed by atoms with E-state index in [0.29, 0.717) is 34.4 Å². The number of carbonyl (C=O) groups is 2. The predicted octanol–water partition coefficient (Wildman–Crippen LogP) is 8.51. The van der Waals surface area contributed by atoms with Crippen LogP contribution < -0.4 is 5.32 Å². The molecule has 3 unspecified atom stereocenters. The van der Waals surface area contributed by atoms with Crippen molar-refractivity contribution in [1.82, 2.24) is 5.32 Å². The summed E-state index contributed by atoms with van der Waals surface area (Å²) >= 11 is 1.53. The minimum absolute atomic E-state index is 0.0926. The fourth-order valence-corrected chi connectivity index (χ4v) is 6.67. The standard InChI is InChI=1S/C39H30F5NO6S/c40-32-31(33(41)35(43)36(44)34(32)42)37(47)45-18-26-3-1-2-4-29(26)22-9-11-25(12-10-22)39-50-27(20-52-28-15-13-24(14-16-28)38(48)49)17-30(51-39)23-7-5-21(19-46)6-8-23/h1-16,27,30,39,46H,17-20H2,(H,45,47)(H,48,49). The number of benzene rings is 5. The van der Waals surface area contributed by atoms with Crippen molar-refractivity contribution in [3.8, 4) is 11.1 Å².